The normalized spacial score (nSPS) is 18.3. The Morgan fingerprint density at radius 1 is 0.357 bits per heavy atom. The maximum absolute atomic E-state index is 15.3. The van der Waals surface area contributed by atoms with E-state index in [0.29, 0.717) is 52.8 Å². The minimum Gasteiger partial charge on any atom is -0.275 e. The summed E-state index contributed by atoms with van der Waals surface area (Å²) in [6, 6.07) is 25.2. The van der Waals surface area contributed by atoms with Crippen molar-refractivity contribution in [2.45, 2.75) is 270 Å². The molecule has 112 heavy (non-hydrogen) atoms. The van der Waals surface area contributed by atoms with E-state index < -0.39 is 10.8 Å². The molecule has 11 heterocycles. The molecular weight excluding hydrogens is 1650 g/mol. The third-order valence-electron chi connectivity index (χ3n) is 24.8. The Morgan fingerprint density at radius 2 is 0.696 bits per heavy atom. The average molecular weight is 1760 g/mol. The molecule has 10 aromatic rings. The van der Waals surface area contributed by atoms with Gasteiger partial charge >= 0.3 is 0 Å². The van der Waals surface area contributed by atoms with Crippen LogP contribution in [-0.2, 0) is 20.4 Å². The maximum atomic E-state index is 15.3. The van der Waals surface area contributed by atoms with Gasteiger partial charge in [0.05, 0.1) is 71.9 Å². The van der Waals surface area contributed by atoms with E-state index in [-0.39, 0.29) is 35.5 Å². The minimum absolute atomic E-state index is 0.121. The van der Waals surface area contributed by atoms with Crippen molar-refractivity contribution >= 4 is 219 Å². The molecule has 0 fully saturated rings. The van der Waals surface area contributed by atoms with Gasteiger partial charge in [0.2, 0.25) is 0 Å². The largest absolute Gasteiger partial charge is 0.275 e. The Bertz CT molecular complexity index is 4890. The second-order valence-electron chi connectivity index (χ2n) is 32.0. The van der Waals surface area contributed by atoms with Gasteiger partial charge in [-0.2, -0.15) is 0 Å². The fourth-order valence-corrected chi connectivity index (χ4v) is 36.2. The third kappa shape index (κ3) is 16.2. The predicted molar refractivity (Wildman–Crippen MR) is 505 cm³/mol. The number of hydrogen-bond donors (Lipinski definition) is 1. The Balaban J connectivity index is 1.04. The van der Waals surface area contributed by atoms with Gasteiger partial charge in [-0.3, -0.25) is 29.0 Å². The van der Waals surface area contributed by atoms with Crippen molar-refractivity contribution in [3.05, 3.63) is 124 Å². The van der Waals surface area contributed by atoms with Crippen molar-refractivity contribution in [2.75, 3.05) is 36.1 Å². The Morgan fingerprint density at radius 3 is 1.08 bits per heavy atom. The van der Waals surface area contributed by atoms with E-state index in [0.717, 1.165) is 116 Å². The Labute approximate surface area is 726 Å². The number of fused-ring (bicyclic) bond motifs is 14. The molecule has 14 rings (SSSR count). The zero-order chi connectivity index (χ0) is 78.7. The van der Waals surface area contributed by atoms with Crippen LogP contribution in [0.5, 0.6) is 0 Å². The molecule has 6 unspecified atom stereocenters. The monoisotopic (exact) mass is 1760 g/mol. The highest BCUT2D eigenvalue weighted by molar-refractivity contribution is 8.02. The van der Waals surface area contributed by atoms with Crippen LogP contribution in [0.1, 0.15) is 304 Å². The molecule has 2 aliphatic carbocycles. The number of imide groups is 2. The number of benzene rings is 1. The molecule has 20 heteroatoms. The lowest BCUT2D eigenvalue weighted by molar-refractivity contribution is -0.137. The fourth-order valence-electron chi connectivity index (χ4n) is 17.6. The molecule has 4 aliphatic rings. The van der Waals surface area contributed by atoms with Crippen molar-refractivity contribution in [3.8, 4) is 20.9 Å². The first-order valence-electron chi connectivity index (χ1n) is 42.4. The maximum Gasteiger partial charge on any atom is 0.271 e. The fraction of sp³-hybridized carbons (Fsp3) is 0.543. The molecule has 6 nitrogen and oxygen atoms in total. The van der Waals surface area contributed by atoms with Gasteiger partial charge in [-0.1, -0.05) is 199 Å². The molecule has 9 aromatic heterocycles. The van der Waals surface area contributed by atoms with Gasteiger partial charge in [-0.25, -0.2) is 0 Å². The standard InChI is InChI=1S/C92H114N2O4S14/c1-13-25-31-54(19-7)48-93-69(95)47-62(88(93)96)80-77(99)85-83(110-80)75-78(108-85)60-45-64-61(46-63(60)91(75,65-37-41-70(104-65)100-50-56(21-9)33-27-15-3)66-38-42-71(105-66)101-51-57(22-10)34-28-16-4)79-76(84-87(109-79)86-81(111-84)74-82(112-86)90(98)94(89(74)97)49-55(20-8)32-26-14-2)92(64,67-39-43-72(106-67)102-52-58(23-11)35-29-17-5)68-40-44-73(107-68)103-53-59(24-12)36-30-18-6/h37-47,54-59,99H,13-36,48-53H2,1-12H3. The van der Waals surface area contributed by atoms with Crippen LogP contribution in [0.25, 0.3) is 54.7 Å². The smallest absolute Gasteiger partial charge is 0.271 e. The number of thiophene rings is 9. The average Bonchev–Trinajstić information content (AvgIpc) is 1.49. The summed E-state index contributed by atoms with van der Waals surface area (Å²) in [5, 5.41) is 0. The molecule has 6 atom stereocenters. The first-order chi connectivity index (χ1) is 54.5. The number of thiol groups is 1. The van der Waals surface area contributed by atoms with E-state index in [1.165, 1.54) is 184 Å². The van der Waals surface area contributed by atoms with Gasteiger partial charge in [0, 0.05) is 87.5 Å². The molecular formula is C92H114N2O4S14. The summed E-state index contributed by atoms with van der Waals surface area (Å²) in [5.74, 6) is 6.70. The number of amides is 4. The number of nitrogens with zero attached hydrogens (tertiary/aromatic N) is 2. The summed E-state index contributed by atoms with van der Waals surface area (Å²) in [7, 11) is 0. The molecule has 600 valence electrons. The zero-order valence-electron chi connectivity index (χ0n) is 67.8. The molecule has 0 radical (unpaired) electrons. The third-order valence-corrected chi connectivity index (χ3v) is 42.8. The van der Waals surface area contributed by atoms with E-state index >= 15 is 9.59 Å². The molecule has 0 N–H and O–H groups in total. The van der Waals surface area contributed by atoms with Crippen LogP contribution in [-0.4, -0.2) is 69.5 Å². The van der Waals surface area contributed by atoms with Crippen molar-refractivity contribution in [2.24, 2.45) is 35.5 Å². The molecule has 4 amide bonds. The van der Waals surface area contributed by atoms with Gasteiger partial charge in [0.25, 0.3) is 23.6 Å². The number of carbonyl (C=O) groups excluding carboxylic acids is 4. The zero-order valence-corrected chi connectivity index (χ0v) is 79.3. The summed E-state index contributed by atoms with van der Waals surface area (Å²) in [6.45, 7) is 28.5. The summed E-state index contributed by atoms with van der Waals surface area (Å²) in [4.78, 5) is 72.8. The molecule has 0 bridgehead atoms. The van der Waals surface area contributed by atoms with Crippen LogP contribution in [0.2, 0.25) is 0 Å². The van der Waals surface area contributed by atoms with Crippen LogP contribution < -0.4 is 0 Å². The van der Waals surface area contributed by atoms with Crippen molar-refractivity contribution in [1.82, 2.24) is 9.80 Å². The van der Waals surface area contributed by atoms with Crippen molar-refractivity contribution < 1.29 is 19.2 Å². The molecule has 0 spiro atoms. The second kappa shape index (κ2) is 38.2. The van der Waals surface area contributed by atoms with E-state index in [1.807, 2.05) is 115 Å². The van der Waals surface area contributed by atoms with Crippen LogP contribution in [0.15, 0.2) is 88.5 Å². The van der Waals surface area contributed by atoms with E-state index in [1.54, 1.807) is 45.0 Å². The van der Waals surface area contributed by atoms with Crippen LogP contribution in [0, 0.1) is 35.5 Å². The highest BCUT2D eigenvalue weighted by Crippen LogP contribution is 2.71. The topological polar surface area (TPSA) is 74.8 Å². The van der Waals surface area contributed by atoms with E-state index in [2.05, 4.69) is 144 Å². The number of rotatable bonds is 45. The van der Waals surface area contributed by atoms with E-state index in [9.17, 15) is 9.59 Å². The number of unbranched alkanes of at least 4 members (excludes halogenated alkanes) is 6. The van der Waals surface area contributed by atoms with Crippen molar-refractivity contribution in [1.29, 1.82) is 0 Å². The lowest BCUT2D eigenvalue weighted by Crippen LogP contribution is -2.35. The summed E-state index contributed by atoms with van der Waals surface area (Å²) < 4.78 is 12.1. The highest BCUT2D eigenvalue weighted by atomic mass is 32.2. The number of hydrogen-bond acceptors (Lipinski definition) is 18. The summed E-state index contributed by atoms with van der Waals surface area (Å²) >= 11 is 30.5. The van der Waals surface area contributed by atoms with Gasteiger partial charge in [0.15, 0.2) is 0 Å². The SMILES string of the molecule is CCCCC(CC)CSc1ccc(C2(c3ccc(SCC(CC)CCCC)s3)c3cc4c(cc3-c3sc5c(S)c(C6=CC(=O)N(CC(CC)CCCC)C6=O)sc5c32)C(c2ccc(SCC(CC)CCCC)s2)(c2ccc(SCC(CC)CCCC)s2)c2c-4sc3c2sc2c4c(sc23)C(=O)N(CC(CC)CCCC)C4=O)s1. The minimum atomic E-state index is -0.794. The highest BCUT2D eigenvalue weighted by Gasteiger charge is 2.57. The predicted octanol–water partition coefficient (Wildman–Crippen LogP) is 31.7. The first-order valence-corrected chi connectivity index (χ1v) is 54.2. The quantitative estimate of drug-likeness (QED) is 0.0230. The van der Waals surface area contributed by atoms with Gasteiger partial charge in [0.1, 0.15) is 4.88 Å². The summed E-state index contributed by atoms with van der Waals surface area (Å²) in [6.07, 6.45) is 29.2. The Hall–Kier alpha value is -2.93. The lowest BCUT2D eigenvalue weighted by Gasteiger charge is -2.32. The number of carbonyl (C=O) groups is 4. The molecule has 0 saturated carbocycles. The van der Waals surface area contributed by atoms with Crippen molar-refractivity contribution in [3.63, 3.8) is 0 Å². The van der Waals surface area contributed by atoms with Gasteiger partial charge in [-0.15, -0.1) is 162 Å². The van der Waals surface area contributed by atoms with Crippen LogP contribution in [0.4, 0.5) is 0 Å². The van der Waals surface area contributed by atoms with Crippen LogP contribution >= 0.6 is 162 Å². The summed E-state index contributed by atoms with van der Waals surface area (Å²) in [5.41, 5.74) is 7.25. The van der Waals surface area contributed by atoms with Gasteiger partial charge in [-0.05, 0) is 157 Å². The van der Waals surface area contributed by atoms with Crippen LogP contribution in [0.3, 0.4) is 0 Å². The van der Waals surface area contributed by atoms with E-state index in [4.69, 9.17) is 12.6 Å². The molecule has 2 aliphatic heterocycles. The molecule has 1 aromatic carbocycles. The first kappa shape index (κ1) is 85.5. The number of thioether (sulfide) groups is 4. The van der Waals surface area contributed by atoms with Gasteiger partial charge < -0.3 is 0 Å². The Kier molecular flexibility index (Phi) is 29.2. The lowest BCUT2D eigenvalue weighted by atomic mass is 9.73. The second-order valence-corrected chi connectivity index (χ2v) is 47.1. The molecule has 0 saturated heterocycles.